The highest BCUT2D eigenvalue weighted by Gasteiger charge is 2.29. The van der Waals surface area contributed by atoms with Gasteiger partial charge >= 0.3 is 0 Å². The van der Waals surface area contributed by atoms with Gasteiger partial charge in [-0.3, -0.25) is 9.69 Å². The van der Waals surface area contributed by atoms with Crippen molar-refractivity contribution < 1.29 is 4.79 Å². The average molecular weight is 423 g/mol. The minimum absolute atomic E-state index is 0.0443. The molecule has 1 aliphatic rings. The van der Waals surface area contributed by atoms with Crippen molar-refractivity contribution in [2.24, 2.45) is 0 Å². The van der Waals surface area contributed by atoms with Crippen LogP contribution in [-0.2, 0) is 0 Å². The highest BCUT2D eigenvalue weighted by molar-refractivity contribution is 5.93. The van der Waals surface area contributed by atoms with Crippen LogP contribution in [0.1, 0.15) is 27.5 Å². The molecule has 4 aromatic rings. The minimum atomic E-state index is 0.0443. The molecule has 1 fully saturated rings. The smallest absolute Gasteiger partial charge is 0.257 e. The zero-order valence-corrected chi connectivity index (χ0v) is 17.9. The largest absolute Gasteiger partial charge is 0.336 e. The Labute approximate surface area is 188 Å². The van der Waals surface area contributed by atoms with Gasteiger partial charge in [0.15, 0.2) is 0 Å². The highest BCUT2D eigenvalue weighted by Crippen LogP contribution is 2.29. The zero-order chi connectivity index (χ0) is 21.8. The standard InChI is InChI=1S/C27H26N4O/c32-27(24-20-28-31(21-24)25-14-8-3-9-15-25)30-18-16-29(17-19-30)26(22-10-4-1-5-11-22)23-12-6-2-7-13-23/h1-15,20-21,26H,16-19H2. The lowest BCUT2D eigenvalue weighted by Crippen LogP contribution is -2.49. The van der Waals surface area contributed by atoms with Gasteiger partial charge in [0.1, 0.15) is 0 Å². The van der Waals surface area contributed by atoms with Gasteiger partial charge < -0.3 is 4.90 Å². The highest BCUT2D eigenvalue weighted by atomic mass is 16.2. The van der Waals surface area contributed by atoms with Gasteiger partial charge in [-0.25, -0.2) is 4.68 Å². The van der Waals surface area contributed by atoms with Crippen molar-refractivity contribution in [1.82, 2.24) is 19.6 Å². The Hall–Kier alpha value is -3.70. The fraction of sp³-hybridized carbons (Fsp3) is 0.185. The molecule has 0 unspecified atom stereocenters. The predicted octanol–water partition coefficient (Wildman–Crippen LogP) is 4.42. The molecule has 1 aromatic heterocycles. The van der Waals surface area contributed by atoms with E-state index in [-0.39, 0.29) is 11.9 Å². The molecule has 0 bridgehead atoms. The number of hydrogen-bond donors (Lipinski definition) is 0. The van der Waals surface area contributed by atoms with Gasteiger partial charge in [-0.2, -0.15) is 5.10 Å². The second kappa shape index (κ2) is 9.20. The third kappa shape index (κ3) is 4.20. The first-order valence-electron chi connectivity index (χ1n) is 11.0. The third-order valence-electron chi connectivity index (χ3n) is 6.05. The van der Waals surface area contributed by atoms with E-state index in [2.05, 4.69) is 70.7 Å². The van der Waals surface area contributed by atoms with E-state index >= 15 is 0 Å². The van der Waals surface area contributed by atoms with Crippen molar-refractivity contribution in [3.63, 3.8) is 0 Å². The van der Waals surface area contributed by atoms with Crippen molar-refractivity contribution in [1.29, 1.82) is 0 Å². The summed E-state index contributed by atoms with van der Waals surface area (Å²) in [7, 11) is 0. The normalized spacial score (nSPS) is 14.6. The molecule has 0 radical (unpaired) electrons. The van der Waals surface area contributed by atoms with E-state index in [4.69, 9.17) is 0 Å². The van der Waals surface area contributed by atoms with E-state index in [0.717, 1.165) is 18.8 Å². The van der Waals surface area contributed by atoms with Crippen molar-refractivity contribution in [3.05, 3.63) is 120 Å². The molecule has 3 aromatic carbocycles. The summed E-state index contributed by atoms with van der Waals surface area (Å²) in [4.78, 5) is 17.5. The Morgan fingerprint density at radius 3 is 1.81 bits per heavy atom. The number of amides is 1. The molecule has 1 aliphatic heterocycles. The van der Waals surface area contributed by atoms with Crippen molar-refractivity contribution in [2.75, 3.05) is 26.2 Å². The van der Waals surface area contributed by atoms with E-state index in [1.54, 1.807) is 10.9 Å². The first-order chi connectivity index (χ1) is 15.8. The number of benzene rings is 3. The van der Waals surface area contributed by atoms with Crippen LogP contribution in [0.5, 0.6) is 0 Å². The van der Waals surface area contributed by atoms with Crippen molar-refractivity contribution >= 4 is 5.91 Å². The SMILES string of the molecule is O=C(c1cnn(-c2ccccc2)c1)N1CCN(C(c2ccccc2)c2ccccc2)CC1. The van der Waals surface area contributed by atoms with Crippen LogP contribution in [0, 0.1) is 0 Å². The van der Waals surface area contributed by atoms with Crippen LogP contribution in [0.2, 0.25) is 0 Å². The average Bonchev–Trinajstić information content (AvgIpc) is 3.37. The molecule has 0 N–H and O–H groups in total. The van der Waals surface area contributed by atoms with E-state index in [1.807, 2.05) is 41.4 Å². The summed E-state index contributed by atoms with van der Waals surface area (Å²) in [6.45, 7) is 3.05. The number of para-hydroxylation sites is 1. The van der Waals surface area contributed by atoms with Crippen LogP contribution in [0.3, 0.4) is 0 Å². The molecule has 0 atom stereocenters. The summed E-state index contributed by atoms with van der Waals surface area (Å²) >= 11 is 0. The molecule has 5 heteroatoms. The van der Waals surface area contributed by atoms with Gasteiger partial charge in [0.2, 0.25) is 0 Å². The summed E-state index contributed by atoms with van der Waals surface area (Å²) in [5.74, 6) is 0.0443. The molecule has 0 spiro atoms. The molecule has 5 rings (SSSR count). The summed E-state index contributed by atoms with van der Waals surface area (Å²) in [5, 5.41) is 4.38. The number of rotatable bonds is 5. The molecule has 0 aliphatic carbocycles. The molecule has 1 amide bonds. The first-order valence-corrected chi connectivity index (χ1v) is 11.0. The van der Waals surface area contributed by atoms with Crippen LogP contribution in [0.25, 0.3) is 5.69 Å². The topological polar surface area (TPSA) is 41.4 Å². The molecule has 5 nitrogen and oxygen atoms in total. The maximum atomic E-state index is 13.1. The molecule has 160 valence electrons. The molecule has 32 heavy (non-hydrogen) atoms. The van der Waals surface area contributed by atoms with Gasteiger partial charge in [0.05, 0.1) is 23.5 Å². The Morgan fingerprint density at radius 1 is 0.719 bits per heavy atom. The summed E-state index contributed by atoms with van der Waals surface area (Å²) in [5.41, 5.74) is 4.14. The van der Waals surface area contributed by atoms with Crippen molar-refractivity contribution in [2.45, 2.75) is 6.04 Å². The second-order valence-corrected chi connectivity index (χ2v) is 8.06. The van der Waals surface area contributed by atoms with Gasteiger partial charge in [0, 0.05) is 32.4 Å². The number of aromatic nitrogens is 2. The Kier molecular flexibility index (Phi) is 5.81. The van der Waals surface area contributed by atoms with Gasteiger partial charge in [-0.1, -0.05) is 78.9 Å². The van der Waals surface area contributed by atoms with Crippen molar-refractivity contribution in [3.8, 4) is 5.69 Å². The monoisotopic (exact) mass is 422 g/mol. The first kappa shape index (κ1) is 20.2. The second-order valence-electron chi connectivity index (χ2n) is 8.06. The quantitative estimate of drug-likeness (QED) is 0.478. The Bertz CT molecular complexity index is 1110. The maximum Gasteiger partial charge on any atom is 0.257 e. The Morgan fingerprint density at radius 2 is 1.25 bits per heavy atom. The maximum absolute atomic E-state index is 13.1. The van der Waals surface area contributed by atoms with Crippen LogP contribution in [0.15, 0.2) is 103 Å². The molecular formula is C27H26N4O. The van der Waals surface area contributed by atoms with E-state index < -0.39 is 0 Å². The molecule has 2 heterocycles. The van der Waals surface area contributed by atoms with E-state index in [9.17, 15) is 4.79 Å². The Balaban J connectivity index is 1.30. The summed E-state index contributed by atoms with van der Waals surface area (Å²) in [6.07, 6.45) is 3.49. The molecular weight excluding hydrogens is 396 g/mol. The van der Waals surface area contributed by atoms with Crippen LogP contribution < -0.4 is 0 Å². The van der Waals surface area contributed by atoms with Gasteiger partial charge in [-0.05, 0) is 23.3 Å². The number of carbonyl (C=O) groups excluding carboxylic acids is 1. The van der Waals surface area contributed by atoms with Crippen LogP contribution >= 0.6 is 0 Å². The summed E-state index contributed by atoms with van der Waals surface area (Å²) in [6, 6.07) is 31.3. The summed E-state index contributed by atoms with van der Waals surface area (Å²) < 4.78 is 1.75. The predicted molar refractivity (Wildman–Crippen MR) is 126 cm³/mol. The van der Waals surface area contributed by atoms with Crippen LogP contribution in [0.4, 0.5) is 0 Å². The number of nitrogens with zero attached hydrogens (tertiary/aromatic N) is 4. The van der Waals surface area contributed by atoms with Gasteiger partial charge in [0.25, 0.3) is 5.91 Å². The molecule has 1 saturated heterocycles. The lowest BCUT2D eigenvalue weighted by atomic mass is 9.96. The number of carbonyl (C=O) groups is 1. The van der Waals surface area contributed by atoms with E-state index in [1.165, 1.54) is 11.1 Å². The van der Waals surface area contributed by atoms with Crippen LogP contribution in [-0.4, -0.2) is 51.7 Å². The minimum Gasteiger partial charge on any atom is -0.336 e. The van der Waals surface area contributed by atoms with Gasteiger partial charge in [-0.15, -0.1) is 0 Å². The van der Waals surface area contributed by atoms with E-state index in [0.29, 0.717) is 18.7 Å². The fourth-order valence-corrected chi connectivity index (χ4v) is 4.41. The number of hydrogen-bond acceptors (Lipinski definition) is 3. The lowest BCUT2D eigenvalue weighted by Gasteiger charge is -2.39. The number of piperazine rings is 1. The zero-order valence-electron chi connectivity index (χ0n) is 17.9. The fourth-order valence-electron chi connectivity index (χ4n) is 4.41. The molecule has 0 saturated carbocycles. The third-order valence-corrected chi connectivity index (χ3v) is 6.05. The lowest BCUT2D eigenvalue weighted by molar-refractivity contribution is 0.0597.